The molecule has 0 bridgehead atoms. The minimum absolute atomic E-state index is 0.00405. The molecule has 0 unspecified atom stereocenters. The maximum atomic E-state index is 13.9. The first-order valence-electron chi connectivity index (χ1n) is 13.8. The van der Waals surface area contributed by atoms with Crippen molar-refractivity contribution >= 4 is 14.2 Å². The molecular weight excluding hydrogens is 528 g/mol. The lowest BCUT2D eigenvalue weighted by Gasteiger charge is -2.36. The summed E-state index contributed by atoms with van der Waals surface area (Å²) in [6.07, 6.45) is 4.41. The lowest BCUT2D eigenvalue weighted by molar-refractivity contribution is 0.0920. The van der Waals surface area contributed by atoms with Gasteiger partial charge in [0, 0.05) is 18.6 Å². The molecule has 2 N–H and O–H groups in total. The molecule has 1 heterocycles. The van der Waals surface area contributed by atoms with Crippen LogP contribution in [0.4, 0.5) is 8.78 Å². The lowest BCUT2D eigenvalue weighted by atomic mass is 9.91. The van der Waals surface area contributed by atoms with Crippen molar-refractivity contribution in [1.82, 2.24) is 15.6 Å². The van der Waals surface area contributed by atoms with E-state index in [-0.39, 0.29) is 22.5 Å². The highest BCUT2D eigenvalue weighted by atomic mass is 28.4. The number of hydrogen-bond acceptors (Lipinski definition) is 5. The van der Waals surface area contributed by atoms with Gasteiger partial charge in [0.15, 0.2) is 0 Å². The Hall–Kier alpha value is -3.30. The van der Waals surface area contributed by atoms with Gasteiger partial charge in [0.25, 0.3) is 5.91 Å². The number of carbonyl (C=O) groups is 1. The maximum Gasteiger partial charge on any atom is 0.257 e. The van der Waals surface area contributed by atoms with Crippen molar-refractivity contribution in [2.45, 2.75) is 83.2 Å². The Kier molecular flexibility index (Phi) is 9.25. The Balaban J connectivity index is 1.28. The predicted octanol–water partition coefficient (Wildman–Crippen LogP) is 7.37. The fourth-order valence-corrected chi connectivity index (χ4v) is 5.44. The molecule has 214 valence electrons. The van der Waals surface area contributed by atoms with Gasteiger partial charge in [0.05, 0.1) is 6.20 Å². The SMILES string of the molecule is CC(C)(C)[Si](C)(C)Oc1cccc(CNC2CCC(NC(=O)c3cc(F)cnc3Oc3ccc(F)cc3)CC2)c1. The largest absolute Gasteiger partial charge is 0.543 e. The zero-order valence-electron chi connectivity index (χ0n) is 23.9. The van der Waals surface area contributed by atoms with Crippen LogP contribution in [-0.2, 0) is 6.54 Å². The van der Waals surface area contributed by atoms with Gasteiger partial charge in [-0.15, -0.1) is 0 Å². The number of halogens is 2. The van der Waals surface area contributed by atoms with Crippen LogP contribution in [0.5, 0.6) is 17.4 Å². The van der Waals surface area contributed by atoms with Crippen LogP contribution in [0.15, 0.2) is 60.8 Å². The van der Waals surface area contributed by atoms with Crippen LogP contribution < -0.4 is 19.8 Å². The number of carbonyl (C=O) groups excluding carboxylic acids is 1. The summed E-state index contributed by atoms with van der Waals surface area (Å²) in [6.45, 7) is 11.9. The number of benzene rings is 2. The highest BCUT2D eigenvalue weighted by molar-refractivity contribution is 6.74. The molecular formula is C31H39F2N3O3Si. The summed E-state index contributed by atoms with van der Waals surface area (Å²) in [5, 5.41) is 6.79. The van der Waals surface area contributed by atoms with Crippen molar-refractivity contribution in [1.29, 1.82) is 0 Å². The number of hydrogen-bond donors (Lipinski definition) is 2. The van der Waals surface area contributed by atoms with Gasteiger partial charge in [-0.25, -0.2) is 13.8 Å². The highest BCUT2D eigenvalue weighted by Gasteiger charge is 2.39. The quantitative estimate of drug-likeness (QED) is 0.264. The molecule has 9 heteroatoms. The molecule has 0 atom stereocenters. The van der Waals surface area contributed by atoms with Gasteiger partial charge in [-0.05, 0) is 91.8 Å². The molecule has 0 spiro atoms. The zero-order valence-corrected chi connectivity index (χ0v) is 24.9. The summed E-state index contributed by atoms with van der Waals surface area (Å²) in [6, 6.07) is 15.0. The molecule has 1 amide bonds. The molecule has 1 aliphatic carbocycles. The Morgan fingerprint density at radius 2 is 1.62 bits per heavy atom. The molecule has 40 heavy (non-hydrogen) atoms. The zero-order chi connectivity index (χ0) is 28.9. The van der Waals surface area contributed by atoms with Gasteiger partial charge >= 0.3 is 0 Å². The average molecular weight is 568 g/mol. The van der Waals surface area contributed by atoms with Crippen molar-refractivity contribution in [2.75, 3.05) is 0 Å². The summed E-state index contributed by atoms with van der Waals surface area (Å²) in [5.74, 6) is -0.292. The predicted molar refractivity (Wildman–Crippen MR) is 155 cm³/mol. The van der Waals surface area contributed by atoms with E-state index in [0.29, 0.717) is 11.8 Å². The minimum atomic E-state index is -1.90. The number of ether oxygens (including phenoxy) is 1. The van der Waals surface area contributed by atoms with Gasteiger partial charge in [-0.1, -0.05) is 32.9 Å². The Morgan fingerprint density at radius 1 is 0.950 bits per heavy atom. The van der Waals surface area contributed by atoms with E-state index in [1.165, 1.54) is 29.8 Å². The van der Waals surface area contributed by atoms with Crippen molar-refractivity contribution in [2.24, 2.45) is 0 Å². The highest BCUT2D eigenvalue weighted by Crippen LogP contribution is 2.37. The summed E-state index contributed by atoms with van der Waals surface area (Å²) >= 11 is 0. The minimum Gasteiger partial charge on any atom is -0.543 e. The molecule has 1 aromatic heterocycles. The number of rotatable bonds is 9. The molecule has 1 aliphatic rings. The molecule has 6 nitrogen and oxygen atoms in total. The van der Waals surface area contributed by atoms with E-state index in [9.17, 15) is 13.6 Å². The van der Waals surface area contributed by atoms with Gasteiger partial charge < -0.3 is 19.8 Å². The van der Waals surface area contributed by atoms with Crippen LogP contribution in [0.2, 0.25) is 18.1 Å². The third-order valence-electron chi connectivity index (χ3n) is 7.83. The fraction of sp³-hybridized carbons (Fsp3) is 0.419. The van der Waals surface area contributed by atoms with Crippen molar-refractivity contribution < 1.29 is 22.7 Å². The van der Waals surface area contributed by atoms with Gasteiger partial charge in [-0.3, -0.25) is 4.79 Å². The standard InChI is InChI=1S/C31H39F2N3O3Si/c1-31(2,3)40(4,5)39-27-8-6-7-21(17-27)19-34-24-11-13-25(14-12-24)36-29(37)28-18-23(33)20-35-30(28)38-26-15-9-22(32)10-16-26/h6-10,15-18,20,24-25,34H,11-14,19H2,1-5H3,(H,36,37). The first-order valence-corrected chi connectivity index (χ1v) is 16.7. The molecule has 0 radical (unpaired) electrons. The topological polar surface area (TPSA) is 72.5 Å². The smallest absolute Gasteiger partial charge is 0.257 e. The van der Waals surface area contributed by atoms with Gasteiger partial charge in [0.1, 0.15) is 28.7 Å². The Labute approximate surface area is 236 Å². The second kappa shape index (κ2) is 12.5. The average Bonchev–Trinajstić information content (AvgIpc) is 2.90. The third-order valence-corrected chi connectivity index (χ3v) is 12.2. The van der Waals surface area contributed by atoms with Crippen LogP contribution in [0.1, 0.15) is 62.4 Å². The van der Waals surface area contributed by atoms with E-state index in [2.05, 4.69) is 61.6 Å². The fourth-order valence-electron chi connectivity index (χ4n) is 4.42. The molecule has 4 rings (SSSR count). The molecule has 1 fully saturated rings. The Morgan fingerprint density at radius 3 is 2.30 bits per heavy atom. The maximum absolute atomic E-state index is 13.9. The monoisotopic (exact) mass is 567 g/mol. The number of amides is 1. The second-order valence-corrected chi connectivity index (χ2v) is 16.7. The first-order chi connectivity index (χ1) is 18.9. The molecule has 0 saturated heterocycles. The summed E-state index contributed by atoms with van der Waals surface area (Å²) in [4.78, 5) is 17.0. The number of aromatic nitrogens is 1. The van der Waals surface area contributed by atoms with Crippen LogP contribution in [0.3, 0.4) is 0 Å². The second-order valence-electron chi connectivity index (χ2n) is 12.0. The summed E-state index contributed by atoms with van der Waals surface area (Å²) in [5.41, 5.74) is 1.18. The van der Waals surface area contributed by atoms with Gasteiger partial charge in [-0.2, -0.15) is 0 Å². The van der Waals surface area contributed by atoms with Crippen LogP contribution in [-0.4, -0.2) is 31.3 Å². The van der Waals surface area contributed by atoms with E-state index >= 15 is 0 Å². The van der Waals surface area contributed by atoms with Crippen molar-refractivity contribution in [3.05, 3.63) is 83.6 Å². The number of nitrogens with one attached hydrogen (secondary N) is 2. The van der Waals surface area contributed by atoms with E-state index in [1.807, 2.05) is 12.1 Å². The van der Waals surface area contributed by atoms with E-state index in [0.717, 1.165) is 50.2 Å². The number of nitrogens with zero attached hydrogens (tertiary/aromatic N) is 1. The molecule has 1 saturated carbocycles. The van der Waals surface area contributed by atoms with E-state index in [4.69, 9.17) is 9.16 Å². The van der Waals surface area contributed by atoms with E-state index in [1.54, 1.807) is 0 Å². The van der Waals surface area contributed by atoms with E-state index < -0.39 is 25.9 Å². The van der Waals surface area contributed by atoms with Crippen molar-refractivity contribution in [3.63, 3.8) is 0 Å². The molecule has 0 aliphatic heterocycles. The summed E-state index contributed by atoms with van der Waals surface area (Å²) in [7, 11) is -1.90. The van der Waals surface area contributed by atoms with Crippen LogP contribution in [0.25, 0.3) is 0 Å². The van der Waals surface area contributed by atoms with Crippen LogP contribution >= 0.6 is 0 Å². The van der Waals surface area contributed by atoms with Crippen molar-refractivity contribution in [3.8, 4) is 17.4 Å². The molecule has 2 aromatic carbocycles. The Bertz CT molecular complexity index is 1300. The first kappa shape index (κ1) is 29.7. The third kappa shape index (κ3) is 7.88. The summed E-state index contributed by atoms with van der Waals surface area (Å²) < 4.78 is 39.3. The number of pyridine rings is 1. The van der Waals surface area contributed by atoms with Gasteiger partial charge in [0.2, 0.25) is 14.2 Å². The lowest BCUT2D eigenvalue weighted by Crippen LogP contribution is -2.43. The molecule has 3 aromatic rings. The van der Waals surface area contributed by atoms with Crippen LogP contribution in [0, 0.1) is 11.6 Å². The normalized spacial score (nSPS) is 17.8.